The normalized spacial score (nSPS) is 43.0. The van der Waals surface area contributed by atoms with Gasteiger partial charge in [-0.15, -0.1) is 0 Å². The second kappa shape index (κ2) is 4.57. The molecule has 0 aromatic rings. The highest BCUT2D eigenvalue weighted by atomic mass is 16.6. The van der Waals surface area contributed by atoms with Gasteiger partial charge in [0.1, 0.15) is 0 Å². The van der Waals surface area contributed by atoms with E-state index < -0.39 is 0 Å². The number of nitrogens with one attached hydrogen (secondary N) is 1. The summed E-state index contributed by atoms with van der Waals surface area (Å²) in [6.07, 6.45) is 8.69. The lowest BCUT2D eigenvalue weighted by Crippen LogP contribution is -2.50. The first-order valence-corrected chi connectivity index (χ1v) is 8.18. The Morgan fingerprint density at radius 2 is 2.40 bits per heavy atom. The number of hydrogen-bond donors (Lipinski definition) is 1. The van der Waals surface area contributed by atoms with Crippen LogP contribution in [-0.2, 0) is 9.53 Å². The largest absolute Gasteiger partial charge is 0.450 e. The molecule has 3 heterocycles. The second-order valence-corrected chi connectivity index (χ2v) is 6.77. The van der Waals surface area contributed by atoms with E-state index in [9.17, 15) is 4.79 Å². The van der Waals surface area contributed by atoms with E-state index >= 15 is 0 Å². The van der Waals surface area contributed by atoms with E-state index in [-0.39, 0.29) is 11.6 Å². The monoisotopic (exact) mass is 276 g/mol. The molecule has 2 saturated heterocycles. The van der Waals surface area contributed by atoms with Crippen molar-refractivity contribution < 1.29 is 9.53 Å². The molecule has 0 radical (unpaired) electrons. The number of rotatable bonds is 3. The molecule has 4 heteroatoms. The van der Waals surface area contributed by atoms with Crippen LogP contribution >= 0.6 is 0 Å². The van der Waals surface area contributed by atoms with Crippen LogP contribution in [0, 0.1) is 0 Å². The van der Waals surface area contributed by atoms with Gasteiger partial charge in [-0.2, -0.15) is 0 Å². The molecule has 4 unspecified atom stereocenters. The van der Waals surface area contributed by atoms with Crippen molar-refractivity contribution in [3.63, 3.8) is 0 Å². The van der Waals surface area contributed by atoms with Crippen LogP contribution in [-0.4, -0.2) is 47.7 Å². The Kier molecular flexibility index (Phi) is 2.93. The topological polar surface area (TPSA) is 41.6 Å². The van der Waals surface area contributed by atoms with Gasteiger partial charge in [0.25, 0.3) is 0 Å². The Labute approximate surface area is 120 Å². The summed E-state index contributed by atoms with van der Waals surface area (Å²) >= 11 is 0. The Bertz CT molecular complexity index is 461. The number of fused-ring (bicyclic) bond motifs is 3. The maximum Gasteiger partial charge on any atom is 0.331 e. The zero-order valence-electron chi connectivity index (χ0n) is 12.2. The molecule has 0 amide bonds. The van der Waals surface area contributed by atoms with Gasteiger partial charge < -0.3 is 10.1 Å². The fourth-order valence-electron chi connectivity index (χ4n) is 4.93. The van der Waals surface area contributed by atoms with Crippen LogP contribution in [0.15, 0.2) is 11.6 Å². The van der Waals surface area contributed by atoms with Gasteiger partial charge in [0.05, 0.1) is 6.04 Å². The van der Waals surface area contributed by atoms with Crippen LogP contribution in [0.4, 0.5) is 0 Å². The molecule has 1 saturated carbocycles. The summed E-state index contributed by atoms with van der Waals surface area (Å²) in [5, 5.41) is 3.71. The van der Waals surface area contributed by atoms with Gasteiger partial charge in [0.2, 0.25) is 0 Å². The molecule has 0 aromatic carbocycles. The average molecular weight is 276 g/mol. The highest BCUT2D eigenvalue weighted by Crippen LogP contribution is 2.53. The van der Waals surface area contributed by atoms with E-state index in [1.54, 1.807) is 6.08 Å². The maximum atomic E-state index is 11.8. The molecule has 20 heavy (non-hydrogen) atoms. The molecule has 110 valence electrons. The van der Waals surface area contributed by atoms with Gasteiger partial charge in [-0.3, -0.25) is 4.90 Å². The van der Waals surface area contributed by atoms with Crippen molar-refractivity contribution in [1.29, 1.82) is 0 Å². The number of esters is 1. The van der Waals surface area contributed by atoms with Crippen molar-refractivity contribution in [3.05, 3.63) is 11.6 Å². The van der Waals surface area contributed by atoms with Gasteiger partial charge in [-0.05, 0) is 44.3 Å². The van der Waals surface area contributed by atoms with Gasteiger partial charge in [-0.1, -0.05) is 13.3 Å². The van der Waals surface area contributed by atoms with Crippen molar-refractivity contribution in [1.82, 2.24) is 10.2 Å². The quantitative estimate of drug-likeness (QED) is 0.795. The first-order chi connectivity index (χ1) is 9.74. The van der Waals surface area contributed by atoms with Crippen LogP contribution in [0.2, 0.25) is 0 Å². The van der Waals surface area contributed by atoms with E-state index in [4.69, 9.17) is 4.74 Å². The number of hydrogen-bond acceptors (Lipinski definition) is 4. The van der Waals surface area contributed by atoms with Gasteiger partial charge >= 0.3 is 5.97 Å². The highest BCUT2D eigenvalue weighted by molar-refractivity contribution is 5.87. The van der Waals surface area contributed by atoms with Crippen LogP contribution in [0.3, 0.4) is 0 Å². The van der Waals surface area contributed by atoms with E-state index in [1.165, 1.54) is 31.4 Å². The Hall–Kier alpha value is -0.870. The minimum absolute atomic E-state index is 0.109. The number of nitrogens with zero attached hydrogens (tertiary/aromatic N) is 1. The molecule has 1 aliphatic carbocycles. The standard InChI is InChI=1S/C16H24N2O2/c1-2-6-17-12-8-11-9-15(19)20-16(11)10-13(12)18-7-4-3-5-14(16)18/h9,12-14,17H,2-8,10H2,1H3. The van der Waals surface area contributed by atoms with Crippen molar-refractivity contribution >= 4 is 5.97 Å². The predicted octanol–water partition coefficient (Wildman–Crippen LogP) is 1.61. The molecule has 3 aliphatic heterocycles. The number of piperidine rings is 1. The first kappa shape index (κ1) is 12.8. The number of ether oxygens (including phenoxy) is 1. The summed E-state index contributed by atoms with van der Waals surface area (Å²) in [4.78, 5) is 14.5. The molecule has 1 N–H and O–H groups in total. The summed E-state index contributed by atoms with van der Waals surface area (Å²) < 4.78 is 5.87. The average Bonchev–Trinajstić information content (AvgIpc) is 2.93. The van der Waals surface area contributed by atoms with E-state index in [2.05, 4.69) is 17.1 Å². The van der Waals surface area contributed by atoms with Gasteiger partial charge in [0, 0.05) is 24.6 Å². The van der Waals surface area contributed by atoms with E-state index in [1.807, 2.05) is 0 Å². The van der Waals surface area contributed by atoms with Crippen LogP contribution < -0.4 is 5.32 Å². The lowest BCUT2D eigenvalue weighted by molar-refractivity contribution is -0.148. The molecular formula is C16H24N2O2. The minimum Gasteiger partial charge on any atom is -0.450 e. The van der Waals surface area contributed by atoms with Crippen molar-refractivity contribution in [2.24, 2.45) is 0 Å². The van der Waals surface area contributed by atoms with Crippen molar-refractivity contribution in [2.75, 3.05) is 13.1 Å². The molecule has 4 nitrogen and oxygen atoms in total. The van der Waals surface area contributed by atoms with Crippen molar-refractivity contribution in [3.8, 4) is 0 Å². The van der Waals surface area contributed by atoms with Gasteiger partial charge in [0.15, 0.2) is 5.60 Å². The SMILES string of the molecule is CCCNC1CC2=CC(=O)OC23CC1N1CCCCC13. The lowest BCUT2D eigenvalue weighted by atomic mass is 9.75. The summed E-state index contributed by atoms with van der Waals surface area (Å²) in [5.74, 6) is -0.109. The number of carbonyl (C=O) groups excluding carboxylic acids is 1. The summed E-state index contributed by atoms with van der Waals surface area (Å²) in [6.45, 7) is 4.45. The molecule has 2 bridgehead atoms. The molecule has 1 spiro atoms. The van der Waals surface area contributed by atoms with Crippen LogP contribution in [0.5, 0.6) is 0 Å². The summed E-state index contributed by atoms with van der Waals surface area (Å²) in [6, 6.07) is 1.48. The fraction of sp³-hybridized carbons (Fsp3) is 0.812. The Morgan fingerprint density at radius 3 is 3.25 bits per heavy atom. The molecule has 3 fully saturated rings. The zero-order valence-corrected chi connectivity index (χ0v) is 12.2. The predicted molar refractivity (Wildman–Crippen MR) is 76.4 cm³/mol. The summed E-state index contributed by atoms with van der Waals surface area (Å²) in [7, 11) is 0. The number of carbonyl (C=O) groups is 1. The Morgan fingerprint density at radius 1 is 1.50 bits per heavy atom. The molecule has 4 atom stereocenters. The third-order valence-electron chi connectivity index (χ3n) is 5.70. The van der Waals surface area contributed by atoms with Gasteiger partial charge in [-0.25, -0.2) is 4.79 Å². The van der Waals surface area contributed by atoms with Crippen LogP contribution in [0.25, 0.3) is 0 Å². The first-order valence-electron chi connectivity index (χ1n) is 8.18. The zero-order chi connectivity index (χ0) is 13.7. The molecule has 4 rings (SSSR count). The van der Waals surface area contributed by atoms with E-state index in [0.29, 0.717) is 18.1 Å². The second-order valence-electron chi connectivity index (χ2n) is 6.77. The third-order valence-corrected chi connectivity index (χ3v) is 5.70. The summed E-state index contributed by atoms with van der Waals surface area (Å²) in [5.41, 5.74) is 1.01. The van der Waals surface area contributed by atoms with E-state index in [0.717, 1.165) is 25.8 Å². The van der Waals surface area contributed by atoms with Crippen LogP contribution in [0.1, 0.15) is 45.4 Å². The Balaban J connectivity index is 1.68. The molecule has 4 aliphatic rings. The smallest absolute Gasteiger partial charge is 0.331 e. The fourth-order valence-corrected chi connectivity index (χ4v) is 4.93. The minimum atomic E-state index is -0.257. The molecular weight excluding hydrogens is 252 g/mol. The maximum absolute atomic E-state index is 11.8. The highest BCUT2D eigenvalue weighted by Gasteiger charge is 2.63. The third kappa shape index (κ3) is 1.64. The van der Waals surface area contributed by atoms with Crippen molar-refractivity contribution in [2.45, 2.75) is 69.2 Å². The molecule has 0 aromatic heterocycles. The lowest BCUT2D eigenvalue weighted by Gasteiger charge is -2.38.